The third-order valence-electron chi connectivity index (χ3n) is 2.55. The minimum atomic E-state index is -0.989. The molecule has 0 bridgehead atoms. The van der Waals surface area contributed by atoms with Crippen molar-refractivity contribution in [2.24, 2.45) is 7.05 Å². The largest absolute Gasteiger partial charge is 0.439 e. The Labute approximate surface area is 102 Å². The predicted molar refractivity (Wildman–Crippen MR) is 60.3 cm³/mol. The number of hydrogen-bond donors (Lipinski definition) is 1. The SMILES string of the molecule is Cc1nn(C)c(Oc2ccc(F)c(F)c2)c1CO. The number of ether oxygens (including phenoxy) is 1. The number of aliphatic hydroxyl groups is 1. The fraction of sp³-hybridized carbons (Fsp3) is 0.250. The number of nitrogens with zero attached hydrogens (tertiary/aromatic N) is 2. The average molecular weight is 254 g/mol. The minimum Gasteiger partial charge on any atom is -0.439 e. The van der Waals surface area contributed by atoms with Crippen LogP contribution in [-0.2, 0) is 13.7 Å². The van der Waals surface area contributed by atoms with E-state index >= 15 is 0 Å². The molecule has 2 aromatic rings. The molecule has 0 amide bonds. The molecule has 0 aliphatic heterocycles. The van der Waals surface area contributed by atoms with E-state index in [1.165, 1.54) is 10.7 Å². The van der Waals surface area contributed by atoms with Crippen molar-refractivity contribution in [3.8, 4) is 11.6 Å². The van der Waals surface area contributed by atoms with Gasteiger partial charge in [-0.3, -0.25) is 0 Å². The Balaban J connectivity index is 2.36. The maximum atomic E-state index is 13.0. The van der Waals surface area contributed by atoms with E-state index in [-0.39, 0.29) is 12.4 Å². The third-order valence-corrected chi connectivity index (χ3v) is 2.55. The number of aryl methyl sites for hydroxylation is 2. The number of halogens is 2. The Hall–Kier alpha value is -1.95. The molecule has 96 valence electrons. The van der Waals surface area contributed by atoms with Gasteiger partial charge in [-0.05, 0) is 19.1 Å². The lowest BCUT2D eigenvalue weighted by molar-refractivity contribution is 0.274. The molecular formula is C12H12F2N2O2. The number of aromatic nitrogens is 2. The van der Waals surface area contributed by atoms with Gasteiger partial charge in [0.25, 0.3) is 0 Å². The van der Waals surface area contributed by atoms with E-state index in [4.69, 9.17) is 4.74 Å². The quantitative estimate of drug-likeness (QED) is 0.914. The Bertz CT molecular complexity index is 582. The fourth-order valence-corrected chi connectivity index (χ4v) is 1.64. The van der Waals surface area contributed by atoms with Crippen LogP contribution in [0.25, 0.3) is 0 Å². The van der Waals surface area contributed by atoms with Crippen molar-refractivity contribution < 1.29 is 18.6 Å². The summed E-state index contributed by atoms with van der Waals surface area (Å²) in [6, 6.07) is 3.23. The van der Waals surface area contributed by atoms with Crippen LogP contribution in [0.5, 0.6) is 11.6 Å². The first-order chi connectivity index (χ1) is 8.52. The van der Waals surface area contributed by atoms with E-state index in [2.05, 4.69) is 5.10 Å². The van der Waals surface area contributed by atoms with Gasteiger partial charge in [0, 0.05) is 13.1 Å². The standard InChI is InChI=1S/C12H12F2N2O2/c1-7-9(6-17)12(16(2)15-7)18-8-3-4-10(13)11(14)5-8/h3-5,17H,6H2,1-2H3. The van der Waals surface area contributed by atoms with Crippen molar-refractivity contribution in [3.63, 3.8) is 0 Å². The molecule has 0 aliphatic rings. The molecule has 0 aliphatic carbocycles. The van der Waals surface area contributed by atoms with Crippen molar-refractivity contribution in [1.29, 1.82) is 0 Å². The fourth-order valence-electron chi connectivity index (χ4n) is 1.64. The highest BCUT2D eigenvalue weighted by Gasteiger charge is 2.15. The molecule has 2 rings (SSSR count). The molecule has 1 N–H and O–H groups in total. The maximum Gasteiger partial charge on any atom is 0.223 e. The van der Waals surface area contributed by atoms with E-state index in [9.17, 15) is 13.9 Å². The van der Waals surface area contributed by atoms with Crippen LogP contribution < -0.4 is 4.74 Å². The Morgan fingerprint density at radius 3 is 2.67 bits per heavy atom. The zero-order chi connectivity index (χ0) is 13.3. The van der Waals surface area contributed by atoms with Crippen LogP contribution in [0.4, 0.5) is 8.78 Å². The van der Waals surface area contributed by atoms with Gasteiger partial charge < -0.3 is 9.84 Å². The van der Waals surface area contributed by atoms with Crippen LogP contribution in [0.1, 0.15) is 11.3 Å². The highest BCUT2D eigenvalue weighted by atomic mass is 19.2. The van der Waals surface area contributed by atoms with Gasteiger partial charge in [-0.25, -0.2) is 13.5 Å². The van der Waals surface area contributed by atoms with Gasteiger partial charge in [0.15, 0.2) is 11.6 Å². The highest BCUT2D eigenvalue weighted by molar-refractivity contribution is 5.35. The maximum absolute atomic E-state index is 13.0. The van der Waals surface area contributed by atoms with Crippen molar-refractivity contribution in [1.82, 2.24) is 9.78 Å². The summed E-state index contributed by atoms with van der Waals surface area (Å²) in [7, 11) is 1.64. The first-order valence-corrected chi connectivity index (χ1v) is 5.29. The first-order valence-electron chi connectivity index (χ1n) is 5.29. The van der Waals surface area contributed by atoms with Crippen LogP contribution in [0.2, 0.25) is 0 Å². The van der Waals surface area contributed by atoms with Gasteiger partial charge in [-0.15, -0.1) is 0 Å². The smallest absolute Gasteiger partial charge is 0.223 e. The molecule has 4 nitrogen and oxygen atoms in total. The molecule has 0 saturated heterocycles. The molecule has 1 aromatic heterocycles. The predicted octanol–water partition coefficient (Wildman–Crippen LogP) is 2.29. The zero-order valence-electron chi connectivity index (χ0n) is 9.94. The highest BCUT2D eigenvalue weighted by Crippen LogP contribution is 2.27. The van der Waals surface area contributed by atoms with E-state index in [0.717, 1.165) is 12.1 Å². The second-order valence-electron chi connectivity index (χ2n) is 3.83. The second kappa shape index (κ2) is 4.73. The second-order valence-corrected chi connectivity index (χ2v) is 3.83. The topological polar surface area (TPSA) is 47.3 Å². The molecule has 6 heteroatoms. The van der Waals surface area contributed by atoms with E-state index in [0.29, 0.717) is 17.1 Å². The molecule has 0 atom stereocenters. The van der Waals surface area contributed by atoms with Gasteiger partial charge in [0.2, 0.25) is 5.88 Å². The zero-order valence-corrected chi connectivity index (χ0v) is 9.94. The summed E-state index contributed by atoms with van der Waals surface area (Å²) < 4.78 is 32.7. The summed E-state index contributed by atoms with van der Waals surface area (Å²) in [5, 5.41) is 13.3. The molecular weight excluding hydrogens is 242 g/mol. The molecule has 0 radical (unpaired) electrons. The summed E-state index contributed by atoms with van der Waals surface area (Å²) in [6.07, 6.45) is 0. The van der Waals surface area contributed by atoms with Crippen molar-refractivity contribution >= 4 is 0 Å². The molecule has 0 unspecified atom stereocenters. The van der Waals surface area contributed by atoms with Crippen LogP contribution >= 0.6 is 0 Å². The lowest BCUT2D eigenvalue weighted by atomic mass is 10.2. The Morgan fingerprint density at radius 2 is 2.06 bits per heavy atom. The summed E-state index contributed by atoms with van der Waals surface area (Å²) in [6.45, 7) is 1.49. The van der Waals surface area contributed by atoms with Gasteiger partial charge >= 0.3 is 0 Å². The normalized spacial score (nSPS) is 10.7. The van der Waals surface area contributed by atoms with Gasteiger partial charge in [-0.2, -0.15) is 5.10 Å². The number of aliphatic hydroxyl groups excluding tert-OH is 1. The summed E-state index contributed by atoms with van der Waals surface area (Å²) in [5.74, 6) is -1.48. The van der Waals surface area contributed by atoms with Gasteiger partial charge in [0.1, 0.15) is 5.75 Å². The van der Waals surface area contributed by atoms with E-state index in [1.807, 2.05) is 0 Å². The third kappa shape index (κ3) is 2.19. The van der Waals surface area contributed by atoms with Crippen LogP contribution in [0.15, 0.2) is 18.2 Å². The Morgan fingerprint density at radius 1 is 1.33 bits per heavy atom. The van der Waals surface area contributed by atoms with Crippen LogP contribution in [0, 0.1) is 18.6 Å². The van der Waals surface area contributed by atoms with Gasteiger partial charge in [0.05, 0.1) is 17.9 Å². The lowest BCUT2D eigenvalue weighted by Gasteiger charge is -2.07. The number of benzene rings is 1. The van der Waals surface area contributed by atoms with Crippen LogP contribution in [0.3, 0.4) is 0 Å². The number of hydrogen-bond acceptors (Lipinski definition) is 3. The number of rotatable bonds is 3. The lowest BCUT2D eigenvalue weighted by Crippen LogP contribution is -1.98. The van der Waals surface area contributed by atoms with Crippen LogP contribution in [-0.4, -0.2) is 14.9 Å². The molecule has 0 saturated carbocycles. The first kappa shape index (κ1) is 12.5. The van der Waals surface area contributed by atoms with Crippen molar-refractivity contribution in [3.05, 3.63) is 41.1 Å². The summed E-state index contributed by atoms with van der Waals surface area (Å²) in [5.41, 5.74) is 1.14. The van der Waals surface area contributed by atoms with Crippen molar-refractivity contribution in [2.75, 3.05) is 0 Å². The van der Waals surface area contributed by atoms with E-state index < -0.39 is 11.6 Å². The molecule has 1 aromatic carbocycles. The molecule has 0 fully saturated rings. The molecule has 0 spiro atoms. The summed E-state index contributed by atoms with van der Waals surface area (Å²) >= 11 is 0. The molecule has 1 heterocycles. The molecule has 18 heavy (non-hydrogen) atoms. The summed E-state index contributed by atoms with van der Waals surface area (Å²) in [4.78, 5) is 0. The van der Waals surface area contributed by atoms with Gasteiger partial charge in [-0.1, -0.05) is 0 Å². The van der Waals surface area contributed by atoms with E-state index in [1.54, 1.807) is 14.0 Å². The Kier molecular flexibility index (Phi) is 3.29. The van der Waals surface area contributed by atoms with Crippen molar-refractivity contribution in [2.45, 2.75) is 13.5 Å². The minimum absolute atomic E-state index is 0.145. The monoisotopic (exact) mass is 254 g/mol. The average Bonchev–Trinajstić information content (AvgIpc) is 2.58.